The minimum atomic E-state index is -1.05. The van der Waals surface area contributed by atoms with Crippen LogP contribution in [0.1, 0.15) is 46.7 Å². The van der Waals surface area contributed by atoms with E-state index in [0.717, 1.165) is 11.1 Å². The molecular formula is C27H27NO5. The van der Waals surface area contributed by atoms with Crippen LogP contribution in [-0.4, -0.2) is 41.3 Å². The van der Waals surface area contributed by atoms with Crippen LogP contribution >= 0.6 is 0 Å². The van der Waals surface area contributed by atoms with E-state index in [2.05, 4.69) is 17.9 Å². The van der Waals surface area contributed by atoms with Gasteiger partial charge in [0.05, 0.1) is 18.1 Å². The molecule has 0 aromatic heterocycles. The van der Waals surface area contributed by atoms with Crippen LogP contribution < -0.4 is 0 Å². The van der Waals surface area contributed by atoms with E-state index in [1.54, 1.807) is 12.1 Å². The zero-order valence-corrected chi connectivity index (χ0v) is 18.3. The predicted molar refractivity (Wildman–Crippen MR) is 122 cm³/mol. The lowest BCUT2D eigenvalue weighted by atomic mass is 9.82. The first-order valence-corrected chi connectivity index (χ1v) is 11.0. The number of ketones is 1. The summed E-state index contributed by atoms with van der Waals surface area (Å²) in [5.74, 6) is 4.02. The molecular weight excluding hydrogens is 418 g/mol. The molecule has 0 amide bonds. The van der Waals surface area contributed by atoms with E-state index >= 15 is 0 Å². The molecule has 170 valence electrons. The lowest BCUT2D eigenvalue weighted by Gasteiger charge is -2.22. The number of carbonyl (C=O) groups excluding carboxylic acids is 1. The number of carbonyl (C=O) groups is 2. The molecule has 2 unspecified atom stereocenters. The van der Waals surface area contributed by atoms with Crippen molar-refractivity contribution >= 4 is 11.8 Å². The molecule has 1 aliphatic rings. The highest BCUT2D eigenvalue weighted by molar-refractivity contribution is 5.96. The molecule has 0 heterocycles. The summed E-state index contributed by atoms with van der Waals surface area (Å²) in [6.07, 6.45) is 1.22. The Bertz CT molecular complexity index is 1050. The Morgan fingerprint density at radius 2 is 1.79 bits per heavy atom. The Labute approximate surface area is 193 Å². The average molecular weight is 446 g/mol. The molecule has 4 atom stereocenters. The van der Waals surface area contributed by atoms with Crippen molar-refractivity contribution in [3.8, 4) is 17.9 Å². The predicted octanol–water partition coefficient (Wildman–Crippen LogP) is 3.60. The summed E-state index contributed by atoms with van der Waals surface area (Å²) in [5.41, 5.74) is 2.64. The number of nitrogens with zero attached hydrogens (tertiary/aromatic N) is 1. The van der Waals surface area contributed by atoms with Gasteiger partial charge in [-0.15, -0.1) is 5.92 Å². The van der Waals surface area contributed by atoms with E-state index in [9.17, 15) is 20.0 Å². The van der Waals surface area contributed by atoms with Crippen LogP contribution in [0.4, 0.5) is 0 Å². The van der Waals surface area contributed by atoms with Crippen LogP contribution in [0, 0.1) is 35.0 Å². The first kappa shape index (κ1) is 24.2. The maximum absolute atomic E-state index is 12.6. The Morgan fingerprint density at radius 1 is 1.06 bits per heavy atom. The third kappa shape index (κ3) is 6.76. The van der Waals surface area contributed by atoms with Crippen molar-refractivity contribution < 1.29 is 24.5 Å². The second kappa shape index (κ2) is 12.0. The third-order valence-corrected chi connectivity index (χ3v) is 6.02. The number of Topliss-reactive ketones (excluding diaryl/α,β-unsaturated/α-hetero) is 1. The number of hydrogen-bond donors (Lipinski definition) is 2. The van der Waals surface area contributed by atoms with Gasteiger partial charge in [0.15, 0.2) is 5.78 Å². The van der Waals surface area contributed by atoms with Crippen molar-refractivity contribution in [3.63, 3.8) is 0 Å². The fraction of sp³-hybridized carbons (Fsp3) is 0.370. The van der Waals surface area contributed by atoms with Gasteiger partial charge in [-0.1, -0.05) is 60.5 Å². The van der Waals surface area contributed by atoms with Gasteiger partial charge in [-0.3, -0.25) is 4.79 Å². The number of carboxylic acids is 1. The highest BCUT2D eigenvalue weighted by atomic mass is 16.5. The maximum Gasteiger partial charge on any atom is 0.329 e. The van der Waals surface area contributed by atoms with Crippen molar-refractivity contribution in [1.82, 2.24) is 0 Å². The highest BCUT2D eigenvalue weighted by Gasteiger charge is 2.43. The first-order chi connectivity index (χ1) is 16.0. The summed E-state index contributed by atoms with van der Waals surface area (Å²) in [4.78, 5) is 23.1. The van der Waals surface area contributed by atoms with Crippen molar-refractivity contribution in [1.29, 1.82) is 5.26 Å². The van der Waals surface area contributed by atoms with Gasteiger partial charge < -0.3 is 14.9 Å². The second-order valence-electron chi connectivity index (χ2n) is 8.20. The van der Waals surface area contributed by atoms with Gasteiger partial charge >= 0.3 is 5.97 Å². The summed E-state index contributed by atoms with van der Waals surface area (Å²) in [6.45, 7) is -0.403. The molecule has 0 saturated heterocycles. The van der Waals surface area contributed by atoms with Crippen molar-refractivity contribution in [2.45, 2.75) is 37.7 Å². The smallest absolute Gasteiger partial charge is 0.329 e. The van der Waals surface area contributed by atoms with Crippen molar-refractivity contribution in [2.24, 2.45) is 11.8 Å². The first-order valence-electron chi connectivity index (χ1n) is 11.0. The molecule has 2 aromatic carbocycles. The Morgan fingerprint density at radius 3 is 2.45 bits per heavy atom. The summed E-state index contributed by atoms with van der Waals surface area (Å²) in [6, 6.07) is 19.5. The fourth-order valence-electron chi connectivity index (χ4n) is 4.37. The molecule has 1 aliphatic carbocycles. The third-order valence-electron chi connectivity index (χ3n) is 6.02. The average Bonchev–Trinajstić information content (AvgIpc) is 3.15. The van der Waals surface area contributed by atoms with Gasteiger partial charge in [0.1, 0.15) is 13.2 Å². The van der Waals surface area contributed by atoms with Gasteiger partial charge in [-0.25, -0.2) is 4.79 Å². The normalized spacial score (nSPS) is 21.6. The van der Waals surface area contributed by atoms with E-state index in [1.807, 2.05) is 42.5 Å². The number of rotatable bonds is 9. The van der Waals surface area contributed by atoms with Crippen LogP contribution in [0.15, 0.2) is 54.6 Å². The molecule has 6 heteroatoms. The number of aliphatic carboxylic acids is 1. The maximum atomic E-state index is 12.6. The van der Waals surface area contributed by atoms with E-state index < -0.39 is 18.7 Å². The zero-order valence-electron chi connectivity index (χ0n) is 18.3. The molecule has 2 aromatic rings. The number of carboxylic acid groups (broad SMARTS) is 1. The number of ether oxygens (including phenoxy) is 1. The summed E-state index contributed by atoms with van der Waals surface area (Å²) in [7, 11) is 0. The number of nitriles is 1. The van der Waals surface area contributed by atoms with Crippen LogP contribution in [0.2, 0.25) is 0 Å². The highest BCUT2D eigenvalue weighted by Crippen LogP contribution is 2.45. The molecule has 33 heavy (non-hydrogen) atoms. The molecule has 3 rings (SSSR count). The summed E-state index contributed by atoms with van der Waals surface area (Å²) >= 11 is 0. The molecule has 0 bridgehead atoms. The molecule has 1 saturated carbocycles. The number of aryl methyl sites for hydroxylation is 1. The Balaban J connectivity index is 1.64. The lowest BCUT2D eigenvalue weighted by Crippen LogP contribution is -2.18. The van der Waals surface area contributed by atoms with Crippen molar-refractivity contribution in [2.75, 3.05) is 13.2 Å². The number of aliphatic hydroxyl groups is 1. The minimum Gasteiger partial charge on any atom is -0.480 e. The quantitative estimate of drug-likeness (QED) is 0.347. The molecule has 2 N–H and O–H groups in total. The van der Waals surface area contributed by atoms with Crippen LogP contribution in [-0.2, 0) is 16.0 Å². The number of benzene rings is 2. The largest absolute Gasteiger partial charge is 0.480 e. The Hall–Kier alpha value is -3.45. The van der Waals surface area contributed by atoms with Gasteiger partial charge in [0.25, 0.3) is 0 Å². The zero-order chi connectivity index (χ0) is 23.6. The van der Waals surface area contributed by atoms with Gasteiger partial charge in [-0.2, -0.15) is 5.26 Å². The molecule has 0 spiro atoms. The fourth-order valence-corrected chi connectivity index (χ4v) is 4.37. The van der Waals surface area contributed by atoms with Crippen LogP contribution in [0.5, 0.6) is 0 Å². The number of aliphatic hydroxyl groups excluding tert-OH is 1. The lowest BCUT2D eigenvalue weighted by molar-refractivity contribution is -0.141. The van der Waals surface area contributed by atoms with Gasteiger partial charge in [0, 0.05) is 24.3 Å². The minimum absolute atomic E-state index is 0.00322. The molecule has 0 radical (unpaired) electrons. The van der Waals surface area contributed by atoms with Gasteiger partial charge in [0.2, 0.25) is 0 Å². The topological polar surface area (TPSA) is 108 Å². The van der Waals surface area contributed by atoms with E-state index in [0.29, 0.717) is 31.2 Å². The van der Waals surface area contributed by atoms with Gasteiger partial charge in [-0.05, 0) is 29.9 Å². The Kier molecular flexibility index (Phi) is 8.78. The van der Waals surface area contributed by atoms with Crippen LogP contribution in [0.3, 0.4) is 0 Å². The molecule has 0 aliphatic heterocycles. The molecule has 1 fully saturated rings. The van der Waals surface area contributed by atoms with Crippen LogP contribution in [0.25, 0.3) is 0 Å². The SMILES string of the molecule is N#C[C@@H]1C[C@@H](O)C(c2ccc(C(=O)CCc3ccccc3)cc2)C1CC#CCOCC(=O)O. The van der Waals surface area contributed by atoms with E-state index in [4.69, 9.17) is 9.84 Å². The standard InChI is InChI=1S/C27H27NO5/c28-17-22-16-25(30)27(23(22)8-4-5-15-33-18-26(31)32)21-12-10-20(11-13-21)24(29)14-9-19-6-2-1-3-7-19/h1-3,6-7,10-13,22-23,25,27,30H,8-9,14-16,18H2,(H,31,32)/t22-,23?,25+,27?/m0/s1. The summed E-state index contributed by atoms with van der Waals surface area (Å²) < 4.78 is 4.91. The molecule has 6 nitrogen and oxygen atoms in total. The van der Waals surface area contributed by atoms with E-state index in [-0.39, 0.29) is 30.1 Å². The summed E-state index contributed by atoms with van der Waals surface area (Å²) in [5, 5.41) is 28.8. The number of hydrogen-bond acceptors (Lipinski definition) is 5. The monoisotopic (exact) mass is 445 g/mol. The van der Waals surface area contributed by atoms with E-state index in [1.165, 1.54) is 0 Å². The van der Waals surface area contributed by atoms with Crippen molar-refractivity contribution in [3.05, 3.63) is 71.3 Å². The second-order valence-corrected chi connectivity index (χ2v) is 8.20.